The summed E-state index contributed by atoms with van der Waals surface area (Å²) in [6, 6.07) is 0.255. The molecule has 0 aromatic carbocycles. The Balaban J connectivity index is 2.18. The van der Waals surface area contributed by atoms with Gasteiger partial charge in [0.25, 0.3) is 0 Å². The van der Waals surface area contributed by atoms with Crippen LogP contribution in [0.3, 0.4) is 0 Å². The van der Waals surface area contributed by atoms with Crippen molar-refractivity contribution in [2.45, 2.75) is 6.04 Å². The molecule has 0 saturated carbocycles. The van der Waals surface area contributed by atoms with Crippen molar-refractivity contribution in [3.05, 3.63) is 20.8 Å². The Morgan fingerprint density at radius 1 is 1.67 bits per heavy atom. The molecule has 12 heavy (non-hydrogen) atoms. The highest BCUT2D eigenvalue weighted by Crippen LogP contribution is 2.28. The van der Waals surface area contributed by atoms with Gasteiger partial charge < -0.3 is 11.1 Å². The lowest BCUT2D eigenvalue weighted by atomic mass is 10.2. The number of nitrogens with two attached hydrogens (primary N) is 1. The molecule has 1 aliphatic heterocycles. The summed E-state index contributed by atoms with van der Waals surface area (Å²) in [5.41, 5.74) is 6.75. The largest absolute Gasteiger partial charge is 0.370 e. The van der Waals surface area contributed by atoms with Crippen molar-refractivity contribution >= 4 is 33.2 Å². The molecule has 0 fully saturated rings. The first-order valence-corrected chi connectivity index (χ1v) is 5.29. The van der Waals surface area contributed by atoms with Crippen molar-refractivity contribution in [1.29, 1.82) is 0 Å². The maximum absolute atomic E-state index is 5.51. The summed E-state index contributed by atoms with van der Waals surface area (Å²) in [5, 5.41) is 7.27. The second-order valence-corrected chi connectivity index (χ2v) is 4.20. The molecule has 5 heteroatoms. The van der Waals surface area contributed by atoms with Crippen LogP contribution in [0.15, 0.2) is 20.2 Å². The van der Waals surface area contributed by atoms with Gasteiger partial charge >= 0.3 is 0 Å². The molecule has 1 aromatic heterocycles. The van der Waals surface area contributed by atoms with Crippen LogP contribution < -0.4 is 11.1 Å². The van der Waals surface area contributed by atoms with Gasteiger partial charge in [-0.05, 0) is 21.3 Å². The molecule has 1 aliphatic rings. The standard InChI is InChI=1S/C7H8BrN3S/c8-5-3-12-2-4(5)6-1-10-7(9)11-6/h2-3,6H,1H2,(H3,9,10,11). The predicted octanol–water partition coefficient (Wildman–Crippen LogP) is 1.47. The molecule has 2 rings (SSSR count). The van der Waals surface area contributed by atoms with E-state index in [0.29, 0.717) is 5.96 Å². The topological polar surface area (TPSA) is 50.4 Å². The molecule has 1 atom stereocenters. The Morgan fingerprint density at radius 2 is 2.50 bits per heavy atom. The Labute approximate surface area is 82.8 Å². The van der Waals surface area contributed by atoms with E-state index in [4.69, 9.17) is 5.73 Å². The Kier molecular flexibility index (Phi) is 2.06. The summed E-state index contributed by atoms with van der Waals surface area (Å²) in [7, 11) is 0. The number of hydrogen-bond donors (Lipinski definition) is 2. The lowest BCUT2D eigenvalue weighted by Gasteiger charge is -2.08. The van der Waals surface area contributed by atoms with Gasteiger partial charge in [-0.25, -0.2) is 0 Å². The van der Waals surface area contributed by atoms with Crippen molar-refractivity contribution in [1.82, 2.24) is 5.32 Å². The van der Waals surface area contributed by atoms with Gasteiger partial charge in [0.1, 0.15) is 0 Å². The minimum absolute atomic E-state index is 0.255. The molecule has 0 saturated heterocycles. The van der Waals surface area contributed by atoms with E-state index in [-0.39, 0.29) is 6.04 Å². The first-order valence-electron chi connectivity index (χ1n) is 3.55. The monoisotopic (exact) mass is 245 g/mol. The summed E-state index contributed by atoms with van der Waals surface area (Å²) >= 11 is 5.15. The van der Waals surface area contributed by atoms with Gasteiger partial charge in [0, 0.05) is 15.4 Å². The summed E-state index contributed by atoms with van der Waals surface area (Å²) in [6.07, 6.45) is 0. The zero-order valence-corrected chi connectivity index (χ0v) is 8.65. The van der Waals surface area contributed by atoms with Gasteiger partial charge in [-0.15, -0.1) is 0 Å². The predicted molar refractivity (Wildman–Crippen MR) is 54.4 cm³/mol. The minimum atomic E-state index is 0.255. The van der Waals surface area contributed by atoms with Crippen LogP contribution in [0.2, 0.25) is 0 Å². The summed E-state index contributed by atoms with van der Waals surface area (Å²) in [5.74, 6) is 0.540. The fraction of sp³-hybridized carbons (Fsp3) is 0.286. The molecule has 1 unspecified atom stereocenters. The van der Waals surface area contributed by atoms with Gasteiger partial charge in [0.15, 0.2) is 5.96 Å². The number of halogens is 1. The number of hydrogen-bond acceptors (Lipinski definition) is 4. The summed E-state index contributed by atoms with van der Waals surface area (Å²) in [6.45, 7) is 0.737. The zero-order valence-electron chi connectivity index (χ0n) is 6.25. The molecular weight excluding hydrogens is 238 g/mol. The first kappa shape index (κ1) is 8.07. The molecule has 0 bridgehead atoms. The van der Waals surface area contributed by atoms with Gasteiger partial charge in [-0.1, -0.05) is 0 Å². The summed E-state index contributed by atoms with van der Waals surface area (Å²) < 4.78 is 1.13. The van der Waals surface area contributed by atoms with E-state index in [1.54, 1.807) is 11.3 Å². The van der Waals surface area contributed by atoms with Gasteiger partial charge in [-0.2, -0.15) is 11.3 Å². The third-order valence-electron chi connectivity index (χ3n) is 1.78. The van der Waals surface area contributed by atoms with Crippen molar-refractivity contribution in [3.8, 4) is 0 Å². The van der Waals surface area contributed by atoms with E-state index in [0.717, 1.165) is 11.0 Å². The Bertz CT molecular complexity index is 320. The van der Waals surface area contributed by atoms with Crippen LogP contribution in [0.25, 0.3) is 0 Å². The van der Waals surface area contributed by atoms with E-state index in [1.807, 2.05) is 0 Å². The van der Waals surface area contributed by atoms with Crippen molar-refractivity contribution in [3.63, 3.8) is 0 Å². The average Bonchev–Trinajstić information content (AvgIpc) is 2.58. The smallest absolute Gasteiger partial charge is 0.189 e. The van der Waals surface area contributed by atoms with Crippen LogP contribution >= 0.6 is 27.3 Å². The number of thiophene rings is 1. The molecule has 1 aromatic rings. The van der Waals surface area contributed by atoms with Crippen LogP contribution in [0.4, 0.5) is 0 Å². The number of nitrogens with zero attached hydrogens (tertiary/aromatic N) is 1. The number of nitrogens with one attached hydrogen (secondary N) is 1. The number of guanidine groups is 1. The van der Waals surface area contributed by atoms with Crippen molar-refractivity contribution < 1.29 is 0 Å². The third-order valence-corrected chi connectivity index (χ3v) is 3.54. The van der Waals surface area contributed by atoms with E-state index in [1.165, 1.54) is 5.56 Å². The van der Waals surface area contributed by atoms with Crippen LogP contribution in [0.1, 0.15) is 11.6 Å². The van der Waals surface area contributed by atoms with Gasteiger partial charge in [0.2, 0.25) is 0 Å². The number of aliphatic imine (C=N–C) groups is 1. The molecular formula is C7H8BrN3S. The minimum Gasteiger partial charge on any atom is -0.370 e. The molecule has 3 N–H and O–H groups in total. The van der Waals surface area contributed by atoms with E-state index in [2.05, 4.69) is 37.0 Å². The van der Waals surface area contributed by atoms with E-state index < -0.39 is 0 Å². The van der Waals surface area contributed by atoms with Crippen LogP contribution in [0.5, 0.6) is 0 Å². The molecule has 0 radical (unpaired) electrons. The van der Waals surface area contributed by atoms with E-state index in [9.17, 15) is 0 Å². The lowest BCUT2D eigenvalue weighted by molar-refractivity contribution is 0.707. The van der Waals surface area contributed by atoms with Crippen LogP contribution in [0, 0.1) is 0 Å². The average molecular weight is 246 g/mol. The maximum Gasteiger partial charge on any atom is 0.189 e. The number of rotatable bonds is 1. The lowest BCUT2D eigenvalue weighted by Crippen LogP contribution is -2.29. The quantitative estimate of drug-likeness (QED) is 0.788. The van der Waals surface area contributed by atoms with Crippen LogP contribution in [-0.2, 0) is 0 Å². The van der Waals surface area contributed by atoms with Gasteiger partial charge in [-0.3, -0.25) is 4.99 Å². The Morgan fingerprint density at radius 3 is 3.00 bits per heavy atom. The molecule has 64 valence electrons. The second-order valence-electron chi connectivity index (χ2n) is 2.60. The highest BCUT2D eigenvalue weighted by Gasteiger charge is 2.19. The van der Waals surface area contributed by atoms with Gasteiger partial charge in [0.05, 0.1) is 12.6 Å². The SMILES string of the molecule is NC1=NCC(c2cscc2Br)N1. The maximum atomic E-state index is 5.51. The third kappa shape index (κ3) is 1.34. The van der Waals surface area contributed by atoms with Crippen molar-refractivity contribution in [2.75, 3.05) is 6.54 Å². The fourth-order valence-corrected chi connectivity index (χ4v) is 2.80. The molecule has 3 nitrogen and oxygen atoms in total. The zero-order chi connectivity index (χ0) is 8.55. The molecule has 0 aliphatic carbocycles. The van der Waals surface area contributed by atoms with E-state index >= 15 is 0 Å². The molecule has 0 spiro atoms. The van der Waals surface area contributed by atoms with Crippen LogP contribution in [-0.4, -0.2) is 12.5 Å². The van der Waals surface area contributed by atoms with Crippen molar-refractivity contribution in [2.24, 2.45) is 10.7 Å². The normalized spacial score (nSPS) is 22.1. The fourth-order valence-electron chi connectivity index (χ4n) is 1.18. The molecule has 0 amide bonds. The summed E-state index contributed by atoms with van der Waals surface area (Å²) in [4.78, 5) is 4.08. The highest BCUT2D eigenvalue weighted by atomic mass is 79.9. The highest BCUT2D eigenvalue weighted by molar-refractivity contribution is 9.10. The first-order chi connectivity index (χ1) is 5.77. The molecule has 2 heterocycles. The second kappa shape index (κ2) is 3.06. The Hall–Kier alpha value is -0.550.